The number of anilines is 1. The average molecular weight is 264 g/mol. The van der Waals surface area contributed by atoms with Gasteiger partial charge in [-0.25, -0.2) is 4.98 Å². The first-order valence-electron chi connectivity index (χ1n) is 7.08. The van der Waals surface area contributed by atoms with Gasteiger partial charge in [0.25, 0.3) is 0 Å². The molecule has 0 bridgehead atoms. The van der Waals surface area contributed by atoms with E-state index in [0.29, 0.717) is 12.2 Å². The van der Waals surface area contributed by atoms with E-state index in [0.717, 1.165) is 6.54 Å². The van der Waals surface area contributed by atoms with E-state index in [9.17, 15) is 4.79 Å². The maximum atomic E-state index is 11.4. The molecule has 5 nitrogen and oxygen atoms in total. The molecule has 0 saturated carbocycles. The second-order valence-electron chi connectivity index (χ2n) is 5.86. The molecule has 1 fully saturated rings. The lowest BCUT2D eigenvalue weighted by Gasteiger charge is -2.31. The molecule has 1 amide bonds. The lowest BCUT2D eigenvalue weighted by molar-refractivity contribution is -0.115. The van der Waals surface area contributed by atoms with E-state index in [4.69, 9.17) is 0 Å². The summed E-state index contributed by atoms with van der Waals surface area (Å²) in [5, 5.41) is 2.79. The van der Waals surface area contributed by atoms with Gasteiger partial charge >= 0.3 is 0 Å². The maximum Gasteiger partial charge on any atom is 0.225 e. The number of hydrogen-bond donors (Lipinski definition) is 1. The molecule has 2 heterocycles. The van der Waals surface area contributed by atoms with Crippen molar-refractivity contribution in [1.29, 1.82) is 0 Å². The number of imidazole rings is 1. The zero-order valence-electron chi connectivity index (χ0n) is 12.1. The predicted octanol–water partition coefficient (Wildman–Crippen LogP) is 2.06. The first-order chi connectivity index (χ1) is 9.01. The number of carbonyl (C=O) groups excluding carboxylic acids is 1. The van der Waals surface area contributed by atoms with Gasteiger partial charge in [-0.05, 0) is 39.8 Å². The lowest BCUT2D eigenvalue weighted by Crippen LogP contribution is -2.39. The van der Waals surface area contributed by atoms with Crippen LogP contribution in [0.5, 0.6) is 0 Å². The van der Waals surface area contributed by atoms with Gasteiger partial charge in [0.2, 0.25) is 5.91 Å². The summed E-state index contributed by atoms with van der Waals surface area (Å²) < 4.78 is 2.09. The molecule has 0 radical (unpaired) electrons. The average Bonchev–Trinajstić information content (AvgIpc) is 3.00. The maximum absolute atomic E-state index is 11.4. The highest BCUT2D eigenvalue weighted by Gasteiger charge is 2.25. The Labute approximate surface area is 115 Å². The normalized spacial score (nSPS) is 16.8. The van der Waals surface area contributed by atoms with Gasteiger partial charge in [-0.3, -0.25) is 4.79 Å². The van der Waals surface area contributed by atoms with Crippen LogP contribution in [0.15, 0.2) is 12.5 Å². The Hall–Kier alpha value is -1.36. The van der Waals surface area contributed by atoms with Crippen molar-refractivity contribution in [2.45, 2.75) is 45.6 Å². The molecule has 2 rings (SSSR count). The molecule has 1 saturated heterocycles. The van der Waals surface area contributed by atoms with Crippen molar-refractivity contribution in [1.82, 2.24) is 14.5 Å². The third-order valence-corrected chi connectivity index (χ3v) is 3.68. The highest BCUT2D eigenvalue weighted by Crippen LogP contribution is 2.21. The number of aromatic nitrogens is 2. The summed E-state index contributed by atoms with van der Waals surface area (Å²) in [4.78, 5) is 18.1. The zero-order chi connectivity index (χ0) is 13.9. The summed E-state index contributed by atoms with van der Waals surface area (Å²) in [6.45, 7) is 9.65. The fourth-order valence-electron chi connectivity index (χ4n) is 2.52. The molecular weight excluding hydrogens is 240 g/mol. The number of hydrogen-bond acceptors (Lipinski definition) is 3. The molecule has 106 valence electrons. The number of carbonyl (C=O) groups is 1. The van der Waals surface area contributed by atoms with Crippen LogP contribution in [-0.2, 0) is 10.3 Å². The third kappa shape index (κ3) is 3.56. The number of nitrogens with zero attached hydrogens (tertiary/aromatic N) is 3. The predicted molar refractivity (Wildman–Crippen MR) is 76.1 cm³/mol. The number of likely N-dealkylation sites (tertiary alicyclic amines) is 1. The monoisotopic (exact) mass is 264 g/mol. The Bertz CT molecular complexity index is 432. The van der Waals surface area contributed by atoms with Crippen molar-refractivity contribution < 1.29 is 4.79 Å². The Morgan fingerprint density at radius 3 is 2.74 bits per heavy atom. The van der Waals surface area contributed by atoms with Gasteiger partial charge < -0.3 is 14.8 Å². The van der Waals surface area contributed by atoms with Crippen LogP contribution < -0.4 is 5.32 Å². The van der Waals surface area contributed by atoms with Gasteiger partial charge in [0.15, 0.2) is 5.82 Å². The number of amides is 1. The van der Waals surface area contributed by atoms with Crippen LogP contribution in [0, 0.1) is 0 Å². The topological polar surface area (TPSA) is 50.2 Å². The minimum Gasteiger partial charge on any atom is -0.328 e. The fraction of sp³-hybridized carbons (Fsp3) is 0.714. The van der Waals surface area contributed by atoms with Crippen LogP contribution in [-0.4, -0.2) is 40.0 Å². The number of nitrogens with one attached hydrogen (secondary N) is 1. The van der Waals surface area contributed by atoms with E-state index in [1.54, 1.807) is 6.33 Å². The summed E-state index contributed by atoms with van der Waals surface area (Å²) in [5.74, 6) is 0.643. The molecule has 0 spiro atoms. The van der Waals surface area contributed by atoms with Crippen molar-refractivity contribution in [2.24, 2.45) is 0 Å². The quantitative estimate of drug-likeness (QED) is 0.885. The molecule has 0 unspecified atom stereocenters. The van der Waals surface area contributed by atoms with Crippen LogP contribution in [0.2, 0.25) is 0 Å². The van der Waals surface area contributed by atoms with E-state index in [1.165, 1.54) is 25.9 Å². The highest BCUT2D eigenvalue weighted by molar-refractivity contribution is 5.89. The molecule has 1 aromatic rings. The minimum absolute atomic E-state index is 0.00241. The Morgan fingerprint density at radius 1 is 1.42 bits per heavy atom. The van der Waals surface area contributed by atoms with Gasteiger partial charge in [0.05, 0.1) is 11.9 Å². The minimum atomic E-state index is -0.00741. The molecule has 0 aliphatic carbocycles. The summed E-state index contributed by atoms with van der Waals surface area (Å²) in [6.07, 6.45) is 6.81. The Kier molecular flexibility index (Phi) is 4.24. The second kappa shape index (κ2) is 5.74. The molecule has 19 heavy (non-hydrogen) atoms. The first-order valence-corrected chi connectivity index (χ1v) is 7.08. The Balaban J connectivity index is 2.01. The molecule has 0 atom stereocenters. The van der Waals surface area contributed by atoms with Crippen molar-refractivity contribution in [2.75, 3.05) is 25.0 Å². The van der Waals surface area contributed by atoms with Crippen LogP contribution in [0.3, 0.4) is 0 Å². The first kappa shape index (κ1) is 14.1. The van der Waals surface area contributed by atoms with Crippen molar-refractivity contribution in [3.05, 3.63) is 12.5 Å². The largest absolute Gasteiger partial charge is 0.328 e. The summed E-state index contributed by atoms with van der Waals surface area (Å²) in [5.41, 5.74) is -0.00741. The number of rotatable bonds is 5. The lowest BCUT2D eigenvalue weighted by atomic mass is 10.1. The van der Waals surface area contributed by atoms with Gasteiger partial charge in [0.1, 0.15) is 0 Å². The SMILES string of the molecule is CCC(=O)Nc1cn(C(C)(C)CN2CCCC2)cn1. The van der Waals surface area contributed by atoms with Crippen molar-refractivity contribution in [3.63, 3.8) is 0 Å². The van der Waals surface area contributed by atoms with Gasteiger partial charge in [-0.15, -0.1) is 0 Å². The van der Waals surface area contributed by atoms with E-state index in [-0.39, 0.29) is 11.4 Å². The third-order valence-electron chi connectivity index (χ3n) is 3.68. The van der Waals surface area contributed by atoms with E-state index in [2.05, 4.69) is 33.6 Å². The van der Waals surface area contributed by atoms with E-state index >= 15 is 0 Å². The van der Waals surface area contributed by atoms with Gasteiger partial charge in [-0.2, -0.15) is 0 Å². The summed E-state index contributed by atoms with van der Waals surface area (Å²) >= 11 is 0. The molecule has 5 heteroatoms. The van der Waals surface area contributed by atoms with Gasteiger partial charge in [-0.1, -0.05) is 6.92 Å². The molecule has 1 N–H and O–H groups in total. The van der Waals surface area contributed by atoms with Crippen LogP contribution in [0.25, 0.3) is 0 Å². The van der Waals surface area contributed by atoms with Crippen molar-refractivity contribution in [3.8, 4) is 0 Å². The summed E-state index contributed by atoms with van der Waals surface area (Å²) in [6, 6.07) is 0. The molecule has 1 aliphatic rings. The van der Waals surface area contributed by atoms with E-state index < -0.39 is 0 Å². The molecule has 1 aromatic heterocycles. The van der Waals surface area contributed by atoms with Gasteiger partial charge in [0, 0.05) is 19.2 Å². The highest BCUT2D eigenvalue weighted by atomic mass is 16.1. The second-order valence-corrected chi connectivity index (χ2v) is 5.86. The van der Waals surface area contributed by atoms with Crippen molar-refractivity contribution >= 4 is 11.7 Å². The van der Waals surface area contributed by atoms with Crippen LogP contribution in [0.4, 0.5) is 5.82 Å². The fourth-order valence-corrected chi connectivity index (χ4v) is 2.52. The molecule has 1 aliphatic heterocycles. The Morgan fingerprint density at radius 2 is 2.11 bits per heavy atom. The standard InChI is InChI=1S/C14H24N4O/c1-4-13(19)16-12-9-18(11-15-12)14(2,3)10-17-7-5-6-8-17/h9,11H,4-8,10H2,1-3H3,(H,16,19). The zero-order valence-corrected chi connectivity index (χ0v) is 12.1. The smallest absolute Gasteiger partial charge is 0.225 e. The van der Waals surface area contributed by atoms with Crippen LogP contribution in [0.1, 0.15) is 40.0 Å². The molecular formula is C14H24N4O. The summed E-state index contributed by atoms with van der Waals surface area (Å²) in [7, 11) is 0. The van der Waals surface area contributed by atoms with Crippen LogP contribution >= 0.6 is 0 Å². The van der Waals surface area contributed by atoms with E-state index in [1.807, 2.05) is 13.1 Å². The molecule has 0 aromatic carbocycles.